The minimum absolute atomic E-state index is 0.0220. The first-order chi connectivity index (χ1) is 9.47. The first kappa shape index (κ1) is 14.9. The van der Waals surface area contributed by atoms with Crippen molar-refractivity contribution in [3.8, 4) is 5.75 Å². The van der Waals surface area contributed by atoms with Gasteiger partial charge in [-0.2, -0.15) is 0 Å². The summed E-state index contributed by atoms with van der Waals surface area (Å²) in [5, 5.41) is 9.35. The predicted molar refractivity (Wildman–Crippen MR) is 75.5 cm³/mol. The van der Waals surface area contributed by atoms with Crippen molar-refractivity contribution >= 4 is 15.9 Å². The molecule has 0 radical (unpaired) electrons. The third-order valence-corrected chi connectivity index (χ3v) is 3.32. The van der Waals surface area contributed by atoms with E-state index in [1.54, 1.807) is 25.1 Å². The Morgan fingerprint density at radius 1 is 1.15 bits per heavy atom. The molecule has 106 valence electrons. The summed E-state index contributed by atoms with van der Waals surface area (Å²) in [5.41, 5.74) is 0.793. The Bertz CT molecular complexity index is 615. The molecule has 2 rings (SSSR count). The monoisotopic (exact) mass is 342 g/mol. The summed E-state index contributed by atoms with van der Waals surface area (Å²) in [7, 11) is 0. The normalized spacial score (nSPS) is 12.2. The van der Waals surface area contributed by atoms with Gasteiger partial charge in [0.2, 0.25) is 0 Å². The fraction of sp³-hybridized carbons (Fsp3) is 0.200. The molecule has 0 amide bonds. The van der Waals surface area contributed by atoms with E-state index in [0.717, 1.165) is 4.47 Å². The smallest absolute Gasteiger partial charge is 0.165 e. The molecule has 2 aromatic rings. The van der Waals surface area contributed by atoms with Gasteiger partial charge in [-0.05, 0) is 42.8 Å². The molecular weight excluding hydrogens is 330 g/mol. The second-order valence-corrected chi connectivity index (χ2v) is 5.31. The number of hydrogen-bond donors (Lipinski definition) is 1. The van der Waals surface area contributed by atoms with Crippen molar-refractivity contribution in [1.29, 1.82) is 0 Å². The summed E-state index contributed by atoms with van der Waals surface area (Å²) in [6.07, 6.45) is -0.749. The van der Waals surface area contributed by atoms with Gasteiger partial charge in [0.15, 0.2) is 11.6 Å². The zero-order chi connectivity index (χ0) is 14.7. The van der Waals surface area contributed by atoms with Gasteiger partial charge in [-0.15, -0.1) is 0 Å². The Hall–Kier alpha value is -1.46. The lowest BCUT2D eigenvalue weighted by Crippen LogP contribution is -2.01. The Labute approximate surface area is 124 Å². The summed E-state index contributed by atoms with van der Waals surface area (Å²) >= 11 is 3.24. The maximum atomic E-state index is 13.8. The molecule has 0 heterocycles. The van der Waals surface area contributed by atoms with Gasteiger partial charge in [0, 0.05) is 10.0 Å². The summed E-state index contributed by atoms with van der Waals surface area (Å²) < 4.78 is 33.3. The highest BCUT2D eigenvalue weighted by Gasteiger charge is 2.09. The van der Waals surface area contributed by atoms with Crippen LogP contribution >= 0.6 is 15.9 Å². The molecule has 0 saturated heterocycles. The van der Waals surface area contributed by atoms with Crippen LogP contribution in [0, 0.1) is 11.6 Å². The lowest BCUT2D eigenvalue weighted by Gasteiger charge is -2.10. The highest BCUT2D eigenvalue weighted by Crippen LogP contribution is 2.24. The van der Waals surface area contributed by atoms with Gasteiger partial charge in [-0.3, -0.25) is 0 Å². The minimum Gasteiger partial charge on any atom is -0.486 e. The molecule has 1 N–H and O–H groups in total. The lowest BCUT2D eigenvalue weighted by atomic mass is 10.1. The maximum Gasteiger partial charge on any atom is 0.165 e. The molecule has 0 aliphatic heterocycles. The van der Waals surface area contributed by atoms with Crippen molar-refractivity contribution in [3.05, 3.63) is 63.6 Å². The molecule has 0 aromatic heterocycles. The van der Waals surface area contributed by atoms with E-state index >= 15 is 0 Å². The number of rotatable bonds is 4. The molecule has 0 spiro atoms. The molecule has 5 heteroatoms. The molecule has 2 aromatic carbocycles. The van der Waals surface area contributed by atoms with Crippen LogP contribution in [0.25, 0.3) is 0 Å². The Morgan fingerprint density at radius 2 is 1.90 bits per heavy atom. The summed E-state index contributed by atoms with van der Waals surface area (Å²) in [6, 6.07) is 8.68. The van der Waals surface area contributed by atoms with Crippen LogP contribution in [-0.4, -0.2) is 5.11 Å². The predicted octanol–water partition coefficient (Wildman–Crippen LogP) is 4.36. The second-order valence-electron chi connectivity index (χ2n) is 4.39. The molecular formula is C15H13BrF2O2. The van der Waals surface area contributed by atoms with Gasteiger partial charge in [0.1, 0.15) is 12.4 Å². The standard InChI is InChI=1S/C15H13BrF2O2/c1-9(19)10-2-5-15(14(18)7-10)20-8-11-6-12(16)3-4-13(11)17/h2-7,9,19H,8H2,1H3/t9-/m1/s1. The van der Waals surface area contributed by atoms with E-state index in [4.69, 9.17) is 4.74 Å². The molecule has 0 aliphatic carbocycles. The number of aliphatic hydroxyl groups excluding tert-OH is 1. The number of ether oxygens (including phenoxy) is 1. The van der Waals surface area contributed by atoms with E-state index in [1.807, 2.05) is 0 Å². The fourth-order valence-electron chi connectivity index (χ4n) is 1.70. The summed E-state index contributed by atoms with van der Waals surface area (Å²) in [4.78, 5) is 0. The average Bonchev–Trinajstić information content (AvgIpc) is 2.40. The van der Waals surface area contributed by atoms with E-state index in [0.29, 0.717) is 11.1 Å². The van der Waals surface area contributed by atoms with E-state index in [1.165, 1.54) is 18.2 Å². The van der Waals surface area contributed by atoms with Crippen molar-refractivity contribution in [1.82, 2.24) is 0 Å². The molecule has 0 bridgehead atoms. The van der Waals surface area contributed by atoms with Gasteiger partial charge >= 0.3 is 0 Å². The van der Waals surface area contributed by atoms with Crippen LogP contribution in [-0.2, 0) is 6.61 Å². The molecule has 0 saturated carbocycles. The van der Waals surface area contributed by atoms with Gasteiger partial charge in [-0.25, -0.2) is 8.78 Å². The van der Waals surface area contributed by atoms with Crippen LogP contribution in [0.2, 0.25) is 0 Å². The highest BCUT2D eigenvalue weighted by atomic mass is 79.9. The van der Waals surface area contributed by atoms with Crippen molar-refractivity contribution in [2.24, 2.45) is 0 Å². The molecule has 0 unspecified atom stereocenters. The van der Waals surface area contributed by atoms with E-state index in [2.05, 4.69) is 15.9 Å². The third-order valence-electron chi connectivity index (χ3n) is 2.83. The first-order valence-electron chi connectivity index (χ1n) is 6.01. The fourth-order valence-corrected chi connectivity index (χ4v) is 2.11. The third kappa shape index (κ3) is 3.55. The largest absolute Gasteiger partial charge is 0.486 e. The number of benzene rings is 2. The number of halogens is 3. The lowest BCUT2D eigenvalue weighted by molar-refractivity contribution is 0.198. The van der Waals surface area contributed by atoms with Crippen LogP contribution in [0.15, 0.2) is 40.9 Å². The highest BCUT2D eigenvalue weighted by molar-refractivity contribution is 9.10. The van der Waals surface area contributed by atoms with Crippen LogP contribution in [0.4, 0.5) is 8.78 Å². The quantitative estimate of drug-likeness (QED) is 0.894. The van der Waals surface area contributed by atoms with Crippen molar-refractivity contribution in [2.75, 3.05) is 0 Å². The topological polar surface area (TPSA) is 29.5 Å². The van der Waals surface area contributed by atoms with Crippen LogP contribution in [0.5, 0.6) is 5.75 Å². The van der Waals surface area contributed by atoms with E-state index in [-0.39, 0.29) is 12.4 Å². The zero-order valence-corrected chi connectivity index (χ0v) is 12.3. The van der Waals surface area contributed by atoms with Crippen LogP contribution in [0.1, 0.15) is 24.2 Å². The number of aliphatic hydroxyl groups is 1. The SMILES string of the molecule is C[C@@H](O)c1ccc(OCc2cc(Br)ccc2F)c(F)c1. The summed E-state index contributed by atoms with van der Waals surface area (Å²) in [5.74, 6) is -0.971. The molecule has 1 atom stereocenters. The molecule has 2 nitrogen and oxygen atoms in total. The average molecular weight is 343 g/mol. The van der Waals surface area contributed by atoms with Crippen LogP contribution < -0.4 is 4.74 Å². The minimum atomic E-state index is -0.749. The maximum absolute atomic E-state index is 13.8. The molecule has 20 heavy (non-hydrogen) atoms. The van der Waals surface area contributed by atoms with Gasteiger partial charge in [-0.1, -0.05) is 22.0 Å². The zero-order valence-electron chi connectivity index (χ0n) is 10.7. The van der Waals surface area contributed by atoms with Gasteiger partial charge in [0.05, 0.1) is 6.10 Å². The Balaban J connectivity index is 2.13. The van der Waals surface area contributed by atoms with E-state index in [9.17, 15) is 13.9 Å². The second kappa shape index (κ2) is 6.33. The van der Waals surface area contributed by atoms with Crippen LogP contribution in [0.3, 0.4) is 0 Å². The number of hydrogen-bond acceptors (Lipinski definition) is 2. The van der Waals surface area contributed by atoms with E-state index < -0.39 is 17.7 Å². The molecule has 0 fully saturated rings. The van der Waals surface area contributed by atoms with Gasteiger partial charge in [0.25, 0.3) is 0 Å². The van der Waals surface area contributed by atoms with Crippen molar-refractivity contribution < 1.29 is 18.6 Å². The summed E-state index contributed by atoms with van der Waals surface area (Å²) in [6.45, 7) is 1.47. The van der Waals surface area contributed by atoms with Crippen molar-refractivity contribution in [2.45, 2.75) is 19.6 Å². The Morgan fingerprint density at radius 3 is 2.55 bits per heavy atom. The Kier molecular flexibility index (Phi) is 4.73. The van der Waals surface area contributed by atoms with Crippen molar-refractivity contribution in [3.63, 3.8) is 0 Å². The van der Waals surface area contributed by atoms with Gasteiger partial charge < -0.3 is 9.84 Å². The molecule has 0 aliphatic rings. The first-order valence-corrected chi connectivity index (χ1v) is 6.81.